The highest BCUT2D eigenvalue weighted by Crippen LogP contribution is 2.28. The SMILES string of the molecule is CCc1ccc(/C(C)=C/C(C)(C)C)s1. The Morgan fingerprint density at radius 2 is 2.00 bits per heavy atom. The van der Waals surface area contributed by atoms with Crippen LogP contribution in [0.2, 0.25) is 0 Å². The van der Waals surface area contributed by atoms with Crippen LogP contribution in [0.5, 0.6) is 0 Å². The first kappa shape index (κ1) is 11.5. The van der Waals surface area contributed by atoms with Crippen molar-refractivity contribution in [2.24, 2.45) is 5.41 Å². The molecule has 0 N–H and O–H groups in total. The van der Waals surface area contributed by atoms with Gasteiger partial charge < -0.3 is 0 Å². The molecule has 0 bridgehead atoms. The lowest BCUT2D eigenvalue weighted by Gasteiger charge is -2.13. The summed E-state index contributed by atoms with van der Waals surface area (Å²) >= 11 is 1.91. The first-order valence-electron chi connectivity index (χ1n) is 5.21. The van der Waals surface area contributed by atoms with Crippen LogP contribution in [0.3, 0.4) is 0 Å². The molecule has 1 heteroatoms. The topological polar surface area (TPSA) is 0 Å². The molecule has 78 valence electrons. The molecule has 0 aromatic carbocycles. The van der Waals surface area contributed by atoms with E-state index in [1.807, 2.05) is 11.3 Å². The van der Waals surface area contributed by atoms with Gasteiger partial charge in [-0.05, 0) is 36.5 Å². The standard InChI is InChI=1S/C13H20S/c1-6-11-7-8-12(14-11)10(2)9-13(3,4)5/h7-9H,6H2,1-5H3/b10-9+. The fourth-order valence-corrected chi connectivity index (χ4v) is 2.42. The quantitative estimate of drug-likeness (QED) is 0.657. The van der Waals surface area contributed by atoms with Crippen LogP contribution in [-0.2, 0) is 6.42 Å². The molecule has 0 aliphatic rings. The summed E-state index contributed by atoms with van der Waals surface area (Å²) in [5.74, 6) is 0. The van der Waals surface area contributed by atoms with Gasteiger partial charge in [-0.3, -0.25) is 0 Å². The van der Waals surface area contributed by atoms with Gasteiger partial charge >= 0.3 is 0 Å². The summed E-state index contributed by atoms with van der Waals surface area (Å²) in [5, 5.41) is 0. The van der Waals surface area contributed by atoms with E-state index in [-0.39, 0.29) is 5.41 Å². The van der Waals surface area contributed by atoms with Gasteiger partial charge in [-0.25, -0.2) is 0 Å². The van der Waals surface area contributed by atoms with Crippen LogP contribution in [0.4, 0.5) is 0 Å². The van der Waals surface area contributed by atoms with E-state index in [0.717, 1.165) is 6.42 Å². The Labute approximate surface area is 91.7 Å². The molecular weight excluding hydrogens is 188 g/mol. The van der Waals surface area contributed by atoms with Crippen molar-refractivity contribution >= 4 is 16.9 Å². The summed E-state index contributed by atoms with van der Waals surface area (Å²) in [6.45, 7) is 11.1. The van der Waals surface area contributed by atoms with Crippen LogP contribution in [-0.4, -0.2) is 0 Å². The van der Waals surface area contributed by atoms with E-state index in [1.165, 1.54) is 15.3 Å². The van der Waals surface area contributed by atoms with Crippen LogP contribution in [0, 0.1) is 5.41 Å². The second kappa shape index (κ2) is 4.31. The van der Waals surface area contributed by atoms with E-state index in [2.05, 4.69) is 52.8 Å². The highest BCUT2D eigenvalue weighted by atomic mass is 32.1. The van der Waals surface area contributed by atoms with Crippen LogP contribution in [0.15, 0.2) is 18.2 Å². The van der Waals surface area contributed by atoms with Crippen molar-refractivity contribution in [1.29, 1.82) is 0 Å². The molecule has 0 aliphatic carbocycles. The number of hydrogen-bond acceptors (Lipinski definition) is 1. The van der Waals surface area contributed by atoms with E-state index in [9.17, 15) is 0 Å². The van der Waals surface area contributed by atoms with Crippen molar-refractivity contribution < 1.29 is 0 Å². The van der Waals surface area contributed by atoms with Crippen LogP contribution >= 0.6 is 11.3 Å². The molecule has 0 spiro atoms. The number of aryl methyl sites for hydroxylation is 1. The average molecular weight is 208 g/mol. The Hall–Kier alpha value is -0.560. The highest BCUT2D eigenvalue weighted by molar-refractivity contribution is 7.13. The molecule has 0 aliphatic heterocycles. The number of thiophene rings is 1. The monoisotopic (exact) mass is 208 g/mol. The highest BCUT2D eigenvalue weighted by Gasteiger charge is 2.08. The van der Waals surface area contributed by atoms with Crippen molar-refractivity contribution in [1.82, 2.24) is 0 Å². The Morgan fingerprint density at radius 1 is 1.36 bits per heavy atom. The Morgan fingerprint density at radius 3 is 2.43 bits per heavy atom. The Kier molecular flexibility index (Phi) is 3.54. The zero-order chi connectivity index (χ0) is 10.8. The van der Waals surface area contributed by atoms with Gasteiger partial charge in [-0.15, -0.1) is 11.3 Å². The second-order valence-corrected chi connectivity index (χ2v) is 5.98. The maximum absolute atomic E-state index is 2.35. The summed E-state index contributed by atoms with van der Waals surface area (Å²) in [6, 6.07) is 4.47. The molecule has 0 saturated carbocycles. The third-order valence-corrected chi connectivity index (χ3v) is 3.41. The van der Waals surface area contributed by atoms with Crippen molar-refractivity contribution in [2.75, 3.05) is 0 Å². The molecule has 14 heavy (non-hydrogen) atoms. The summed E-state index contributed by atoms with van der Waals surface area (Å²) in [5.41, 5.74) is 1.68. The largest absolute Gasteiger partial charge is 0.141 e. The predicted molar refractivity (Wildman–Crippen MR) is 66.8 cm³/mol. The van der Waals surface area contributed by atoms with E-state index in [4.69, 9.17) is 0 Å². The molecule has 0 amide bonds. The smallest absolute Gasteiger partial charge is 0.0299 e. The van der Waals surface area contributed by atoms with Gasteiger partial charge in [-0.2, -0.15) is 0 Å². The normalized spacial score (nSPS) is 13.4. The first-order chi connectivity index (χ1) is 6.42. The molecule has 0 radical (unpaired) electrons. The molecule has 1 rings (SSSR count). The molecule has 1 aromatic heterocycles. The van der Waals surface area contributed by atoms with Crippen molar-refractivity contribution in [3.63, 3.8) is 0 Å². The first-order valence-corrected chi connectivity index (χ1v) is 6.02. The number of hydrogen-bond donors (Lipinski definition) is 0. The van der Waals surface area contributed by atoms with Crippen molar-refractivity contribution in [2.45, 2.75) is 41.0 Å². The Bertz CT molecular complexity index is 323. The Balaban J connectivity index is 2.89. The van der Waals surface area contributed by atoms with E-state index in [1.54, 1.807) is 0 Å². The van der Waals surface area contributed by atoms with E-state index in [0.29, 0.717) is 0 Å². The average Bonchev–Trinajstić information content (AvgIpc) is 2.48. The van der Waals surface area contributed by atoms with Crippen molar-refractivity contribution in [3.05, 3.63) is 28.0 Å². The van der Waals surface area contributed by atoms with Crippen LogP contribution in [0.25, 0.3) is 5.57 Å². The molecule has 0 atom stereocenters. The van der Waals surface area contributed by atoms with Gasteiger partial charge in [-0.1, -0.05) is 33.8 Å². The predicted octanol–water partition coefficient (Wildman–Crippen LogP) is 4.76. The zero-order valence-corrected chi connectivity index (χ0v) is 10.7. The minimum atomic E-state index is 0.278. The number of allylic oxidation sites excluding steroid dienone is 2. The summed E-state index contributed by atoms with van der Waals surface area (Å²) < 4.78 is 0. The maximum Gasteiger partial charge on any atom is 0.0299 e. The van der Waals surface area contributed by atoms with Gasteiger partial charge in [0.15, 0.2) is 0 Å². The summed E-state index contributed by atoms with van der Waals surface area (Å²) in [6.07, 6.45) is 3.49. The molecule has 0 nitrogen and oxygen atoms in total. The number of rotatable bonds is 2. The molecule has 1 heterocycles. The van der Waals surface area contributed by atoms with Crippen LogP contribution in [0.1, 0.15) is 44.4 Å². The molecular formula is C13H20S. The minimum absolute atomic E-state index is 0.278. The van der Waals surface area contributed by atoms with E-state index >= 15 is 0 Å². The fraction of sp³-hybridized carbons (Fsp3) is 0.538. The third kappa shape index (κ3) is 3.30. The zero-order valence-electron chi connectivity index (χ0n) is 9.85. The maximum atomic E-state index is 2.35. The van der Waals surface area contributed by atoms with E-state index < -0.39 is 0 Å². The summed E-state index contributed by atoms with van der Waals surface area (Å²) in [4.78, 5) is 2.89. The van der Waals surface area contributed by atoms with Gasteiger partial charge in [0.25, 0.3) is 0 Å². The molecule has 0 unspecified atom stereocenters. The molecule has 0 saturated heterocycles. The molecule has 0 fully saturated rings. The lowest BCUT2D eigenvalue weighted by atomic mass is 9.93. The summed E-state index contributed by atoms with van der Waals surface area (Å²) in [7, 11) is 0. The van der Waals surface area contributed by atoms with Gasteiger partial charge in [0, 0.05) is 9.75 Å². The van der Waals surface area contributed by atoms with Crippen molar-refractivity contribution in [3.8, 4) is 0 Å². The minimum Gasteiger partial charge on any atom is -0.141 e. The molecule has 1 aromatic rings. The third-order valence-electron chi connectivity index (χ3n) is 2.05. The lowest BCUT2D eigenvalue weighted by molar-refractivity contribution is 0.545. The van der Waals surface area contributed by atoms with Gasteiger partial charge in [0.1, 0.15) is 0 Å². The van der Waals surface area contributed by atoms with Gasteiger partial charge in [0.2, 0.25) is 0 Å². The van der Waals surface area contributed by atoms with Crippen LogP contribution < -0.4 is 0 Å². The van der Waals surface area contributed by atoms with Gasteiger partial charge in [0.05, 0.1) is 0 Å². The lowest BCUT2D eigenvalue weighted by Crippen LogP contribution is -1.99. The second-order valence-electron chi connectivity index (χ2n) is 4.81. The fourth-order valence-electron chi connectivity index (χ4n) is 1.50.